The molecule has 0 amide bonds. The predicted octanol–water partition coefficient (Wildman–Crippen LogP) is 3.92. The van der Waals surface area contributed by atoms with Gasteiger partial charge in [0.15, 0.2) is 5.69 Å². The summed E-state index contributed by atoms with van der Waals surface area (Å²) in [4.78, 5) is 0. The van der Waals surface area contributed by atoms with Crippen LogP contribution in [0.2, 0.25) is 0 Å². The Morgan fingerprint density at radius 3 is 2.56 bits per heavy atom. The van der Waals surface area contributed by atoms with Crippen LogP contribution in [0.4, 0.5) is 0 Å². The van der Waals surface area contributed by atoms with Crippen LogP contribution in [0.5, 0.6) is 0 Å². The van der Waals surface area contributed by atoms with Crippen LogP contribution < -0.4 is 4.57 Å². The van der Waals surface area contributed by atoms with E-state index in [-0.39, 0.29) is 0 Å². The van der Waals surface area contributed by atoms with Gasteiger partial charge in [-0.3, -0.25) is 0 Å². The van der Waals surface area contributed by atoms with Crippen LogP contribution in [-0.2, 0) is 7.05 Å². The summed E-state index contributed by atoms with van der Waals surface area (Å²) >= 11 is 0. The Kier molecular flexibility index (Phi) is 2.32. The lowest BCUT2D eigenvalue weighted by atomic mass is 9.98. The summed E-state index contributed by atoms with van der Waals surface area (Å²) in [5.74, 6) is -1.63. The molecular weight excluding hydrogens is 218 g/mol. The first kappa shape index (κ1) is 8.47. The molecule has 0 radical (unpaired) electrons. The average Bonchev–Trinajstić information content (AvgIpc) is 2.41. The second-order valence-corrected chi connectivity index (χ2v) is 4.72. The Hall–Kier alpha value is -1.63. The minimum absolute atomic E-state index is 0.535. The largest absolute Gasteiger partial charge is 0.212 e. The predicted molar refractivity (Wildman–Crippen MR) is 76.6 cm³/mol. The quantitative estimate of drug-likeness (QED) is 0.705. The van der Waals surface area contributed by atoms with Crippen molar-refractivity contribution in [3.05, 3.63) is 53.2 Å². The molecule has 1 aromatic carbocycles. The second-order valence-electron chi connectivity index (χ2n) is 4.72. The highest BCUT2D eigenvalue weighted by molar-refractivity contribution is 5.60. The number of nitrogens with zero attached hydrogens (tertiary/aromatic N) is 1. The normalized spacial score (nSPS) is 18.2. The summed E-state index contributed by atoms with van der Waals surface area (Å²) in [5.41, 5.74) is 4.62. The summed E-state index contributed by atoms with van der Waals surface area (Å²) < 4.78 is 33.1. The van der Waals surface area contributed by atoms with Gasteiger partial charge in [0.05, 0.1) is 0 Å². The van der Waals surface area contributed by atoms with Crippen molar-refractivity contribution >= 4 is 0 Å². The van der Waals surface area contributed by atoms with E-state index in [4.69, 9.17) is 5.48 Å². The van der Waals surface area contributed by atoms with Crippen LogP contribution in [0, 0.1) is 13.8 Å². The number of pyridine rings is 1. The average molecular weight is 244 g/mol. The molecule has 2 rings (SSSR count). The topological polar surface area (TPSA) is 3.88 Å². The molecule has 0 saturated heterocycles. The van der Waals surface area contributed by atoms with Crippen molar-refractivity contribution in [3.8, 4) is 11.3 Å². The van der Waals surface area contributed by atoms with Gasteiger partial charge in [0.2, 0.25) is 5.69 Å². The summed E-state index contributed by atoms with van der Waals surface area (Å²) in [7, 11) is 1.91. The summed E-state index contributed by atoms with van der Waals surface area (Å²) in [5, 5.41) is 0. The highest BCUT2D eigenvalue weighted by atomic mass is 14.9. The molecule has 0 saturated carbocycles. The Balaban J connectivity index is 2.63. The van der Waals surface area contributed by atoms with Gasteiger partial charge in [-0.1, -0.05) is 32.0 Å². The highest BCUT2D eigenvalue weighted by Gasteiger charge is 2.18. The molecule has 0 spiro atoms. The number of hydrogen-bond acceptors (Lipinski definition) is 0. The standard InChI is InChI=1S/C17H22N/c1-12(2)15-10-11-17(18(5)14(15)4)16-9-7-6-8-13(16)3/h6-12H,1-5H3/q+1/i1D3,12D. The molecule has 94 valence electrons. The van der Waals surface area contributed by atoms with Crippen LogP contribution in [0.15, 0.2) is 36.4 Å². The molecule has 1 heterocycles. The van der Waals surface area contributed by atoms with Gasteiger partial charge in [0, 0.05) is 29.6 Å². The van der Waals surface area contributed by atoms with E-state index in [1.54, 1.807) is 6.07 Å². The van der Waals surface area contributed by atoms with Crippen molar-refractivity contribution in [2.24, 2.45) is 7.05 Å². The smallest absolute Gasteiger partial charge is 0.198 e. The molecule has 0 aliphatic heterocycles. The summed E-state index contributed by atoms with van der Waals surface area (Å²) in [6, 6.07) is 11.8. The van der Waals surface area contributed by atoms with Crippen molar-refractivity contribution < 1.29 is 10.1 Å². The molecule has 2 aromatic rings. The minimum atomic E-state index is -2.37. The van der Waals surface area contributed by atoms with Crippen molar-refractivity contribution in [2.45, 2.75) is 33.5 Å². The zero-order valence-electron chi connectivity index (χ0n) is 15.4. The molecular formula is C17H22N+. The van der Waals surface area contributed by atoms with Gasteiger partial charge in [-0.05, 0) is 30.5 Å². The molecule has 0 aliphatic rings. The third-order valence-corrected chi connectivity index (χ3v) is 3.49. The molecule has 0 fully saturated rings. The molecule has 0 N–H and O–H groups in total. The van der Waals surface area contributed by atoms with E-state index in [2.05, 4.69) is 13.0 Å². The lowest BCUT2D eigenvalue weighted by Gasteiger charge is -2.11. The Morgan fingerprint density at radius 1 is 1.17 bits per heavy atom. The number of hydrogen-bond donors (Lipinski definition) is 0. The lowest BCUT2D eigenvalue weighted by molar-refractivity contribution is -0.667. The number of rotatable bonds is 2. The fourth-order valence-electron chi connectivity index (χ4n) is 2.28. The Labute approximate surface area is 116 Å². The maximum Gasteiger partial charge on any atom is 0.212 e. The van der Waals surface area contributed by atoms with Gasteiger partial charge in [-0.25, -0.2) is 0 Å². The first-order valence-corrected chi connectivity index (χ1v) is 6.13. The number of benzene rings is 1. The van der Waals surface area contributed by atoms with Crippen molar-refractivity contribution in [2.75, 3.05) is 0 Å². The molecule has 1 heteroatoms. The van der Waals surface area contributed by atoms with Crippen molar-refractivity contribution in [1.82, 2.24) is 0 Å². The summed E-state index contributed by atoms with van der Waals surface area (Å²) in [6.45, 7) is 3.01. The molecule has 1 nitrogen and oxygen atoms in total. The van der Waals surface area contributed by atoms with Gasteiger partial charge in [-0.15, -0.1) is 0 Å². The van der Waals surface area contributed by atoms with E-state index in [0.717, 1.165) is 22.5 Å². The van der Waals surface area contributed by atoms with Crippen LogP contribution in [-0.4, -0.2) is 0 Å². The van der Waals surface area contributed by atoms with Crippen molar-refractivity contribution in [1.29, 1.82) is 0 Å². The van der Waals surface area contributed by atoms with E-state index in [1.807, 2.05) is 42.8 Å². The first-order valence-electron chi connectivity index (χ1n) is 8.13. The maximum atomic E-state index is 8.30. The zero-order valence-corrected chi connectivity index (χ0v) is 11.4. The van der Waals surface area contributed by atoms with Crippen LogP contribution >= 0.6 is 0 Å². The van der Waals surface area contributed by atoms with E-state index in [9.17, 15) is 0 Å². The van der Waals surface area contributed by atoms with Gasteiger partial charge < -0.3 is 0 Å². The SMILES string of the molecule is [2H]C([2H])([2H])C([2H])(C)c1ccc(-c2ccccc2C)[n+](C)c1C. The third kappa shape index (κ3) is 2.17. The van der Waals surface area contributed by atoms with E-state index in [1.165, 1.54) is 6.92 Å². The minimum Gasteiger partial charge on any atom is -0.198 e. The van der Waals surface area contributed by atoms with Crippen LogP contribution in [0.1, 0.15) is 42.0 Å². The monoisotopic (exact) mass is 244 g/mol. The molecule has 0 aliphatic carbocycles. The molecule has 18 heavy (non-hydrogen) atoms. The molecule has 0 bridgehead atoms. The second kappa shape index (κ2) is 4.93. The van der Waals surface area contributed by atoms with Crippen LogP contribution in [0.3, 0.4) is 0 Å². The van der Waals surface area contributed by atoms with Gasteiger partial charge >= 0.3 is 0 Å². The van der Waals surface area contributed by atoms with Gasteiger partial charge in [-0.2, -0.15) is 4.57 Å². The fourth-order valence-corrected chi connectivity index (χ4v) is 2.28. The highest BCUT2D eigenvalue weighted by Crippen LogP contribution is 2.23. The zero-order chi connectivity index (χ0) is 16.7. The Bertz CT molecular complexity index is 702. The fraction of sp³-hybridized carbons (Fsp3) is 0.353. The van der Waals surface area contributed by atoms with E-state index < -0.39 is 12.7 Å². The molecule has 1 unspecified atom stereocenters. The van der Waals surface area contributed by atoms with Crippen LogP contribution in [0.25, 0.3) is 11.3 Å². The number of aromatic nitrogens is 1. The van der Waals surface area contributed by atoms with Crippen molar-refractivity contribution in [3.63, 3.8) is 0 Å². The first-order chi connectivity index (χ1) is 10.1. The number of aryl methyl sites for hydroxylation is 1. The lowest BCUT2D eigenvalue weighted by Crippen LogP contribution is -2.36. The van der Waals surface area contributed by atoms with E-state index in [0.29, 0.717) is 5.56 Å². The summed E-state index contributed by atoms with van der Waals surface area (Å²) in [6.07, 6.45) is 0. The third-order valence-electron chi connectivity index (χ3n) is 3.49. The van der Waals surface area contributed by atoms with E-state index >= 15 is 0 Å². The maximum absolute atomic E-state index is 8.30. The van der Waals surface area contributed by atoms with Gasteiger partial charge in [0.25, 0.3) is 0 Å². The molecule has 1 aromatic heterocycles. The molecule has 1 atom stereocenters. The van der Waals surface area contributed by atoms with Gasteiger partial charge in [0.1, 0.15) is 7.05 Å². The Morgan fingerprint density at radius 2 is 1.89 bits per heavy atom.